The molecule has 0 aromatic heterocycles. The molecule has 106 valence electrons. The van der Waals surface area contributed by atoms with Crippen LogP contribution in [0.15, 0.2) is 46.6 Å². The normalized spacial score (nSPS) is 32.0. The van der Waals surface area contributed by atoms with Gasteiger partial charge in [0.05, 0.1) is 0 Å². The fourth-order valence-electron chi connectivity index (χ4n) is 4.93. The van der Waals surface area contributed by atoms with Crippen LogP contribution in [0, 0.1) is 17.8 Å². The molecule has 2 atom stereocenters. The fraction of sp³-hybridized carbons (Fsp3) is 0.600. The Morgan fingerprint density at radius 3 is 1.67 bits per heavy atom. The Bertz CT molecular complexity index is 484. The summed E-state index contributed by atoms with van der Waals surface area (Å²) in [7, 11) is 0. The fourth-order valence-corrected chi connectivity index (χ4v) is 4.93. The number of hydrogen-bond donors (Lipinski definition) is 0. The number of allylic oxidation sites excluding steroid dienone is 8. The third-order valence-corrected chi connectivity index (χ3v) is 6.06. The number of hydrogen-bond acceptors (Lipinski definition) is 0. The summed E-state index contributed by atoms with van der Waals surface area (Å²) in [6, 6.07) is 0. The van der Waals surface area contributed by atoms with Crippen LogP contribution in [0.1, 0.15) is 58.3 Å². The van der Waals surface area contributed by atoms with Crippen molar-refractivity contribution in [2.24, 2.45) is 17.8 Å². The van der Waals surface area contributed by atoms with Crippen LogP contribution in [0.5, 0.6) is 0 Å². The first kappa shape index (κ1) is 15.8. The molecule has 0 bridgehead atoms. The van der Waals surface area contributed by atoms with Crippen LogP contribution in [0.25, 0.3) is 0 Å². The van der Waals surface area contributed by atoms with E-state index in [9.17, 15) is 0 Å². The van der Waals surface area contributed by atoms with E-state index in [1.165, 1.54) is 51.4 Å². The summed E-state index contributed by atoms with van der Waals surface area (Å²) in [6.07, 6.45) is 21.0. The second-order valence-corrected chi connectivity index (χ2v) is 7.14. The largest absolute Gasteiger partial charge is 1.00 e. The Morgan fingerprint density at radius 2 is 1.19 bits per heavy atom. The van der Waals surface area contributed by atoms with Gasteiger partial charge in [0, 0.05) is 11.8 Å². The Hall–Kier alpha value is -0.0400. The van der Waals surface area contributed by atoms with Crippen molar-refractivity contribution in [3.63, 3.8) is 0 Å². The summed E-state index contributed by atoms with van der Waals surface area (Å²) in [5.41, 5.74) is 6.96. The second kappa shape index (κ2) is 6.60. The maximum Gasteiger partial charge on any atom is 1.00 e. The molecule has 2 unspecified atom stereocenters. The van der Waals surface area contributed by atoms with Crippen LogP contribution in [0.2, 0.25) is 0 Å². The molecule has 4 aliphatic rings. The van der Waals surface area contributed by atoms with Gasteiger partial charge in [0.15, 0.2) is 0 Å². The molecule has 0 spiro atoms. The van der Waals surface area contributed by atoms with Gasteiger partial charge in [-0.15, -0.1) is 0 Å². The van der Waals surface area contributed by atoms with Crippen LogP contribution in [-0.2, 0) is 0 Å². The van der Waals surface area contributed by atoms with Crippen LogP contribution in [0.3, 0.4) is 0 Å². The molecule has 0 saturated carbocycles. The molecular weight excluding hydrogens is 263 g/mol. The van der Waals surface area contributed by atoms with Crippen LogP contribution >= 0.6 is 0 Å². The van der Waals surface area contributed by atoms with Crippen LogP contribution in [0.4, 0.5) is 0 Å². The SMILES string of the molecule is CC(C1C=CC2=C1CCCC2)C1C=CC2=C1CCCC2.[Na+]. The van der Waals surface area contributed by atoms with Gasteiger partial charge in [-0.1, -0.05) is 42.4 Å². The first-order valence-electron chi connectivity index (χ1n) is 8.65. The third-order valence-electron chi connectivity index (χ3n) is 6.06. The minimum absolute atomic E-state index is 0. The summed E-state index contributed by atoms with van der Waals surface area (Å²) >= 11 is 0. The smallest absolute Gasteiger partial charge is 0.0768 e. The van der Waals surface area contributed by atoms with Gasteiger partial charge in [0.1, 0.15) is 0 Å². The third kappa shape index (κ3) is 2.80. The molecule has 0 fully saturated rings. The van der Waals surface area contributed by atoms with Gasteiger partial charge in [-0.2, -0.15) is 0 Å². The van der Waals surface area contributed by atoms with Gasteiger partial charge in [0.25, 0.3) is 0 Å². The van der Waals surface area contributed by atoms with E-state index in [1.807, 2.05) is 0 Å². The zero-order chi connectivity index (χ0) is 13.5. The molecule has 0 aromatic rings. The molecule has 4 rings (SSSR count). The Kier molecular flexibility index (Phi) is 4.98. The predicted octanol–water partition coefficient (Wildman–Crippen LogP) is 2.74. The van der Waals surface area contributed by atoms with Crippen molar-refractivity contribution >= 4 is 0 Å². The van der Waals surface area contributed by atoms with Crippen molar-refractivity contribution in [1.29, 1.82) is 0 Å². The second-order valence-electron chi connectivity index (χ2n) is 7.14. The molecule has 0 nitrogen and oxygen atoms in total. The average molecular weight is 289 g/mol. The first-order valence-corrected chi connectivity index (χ1v) is 8.65. The maximum atomic E-state index is 2.52. The van der Waals surface area contributed by atoms with Crippen molar-refractivity contribution in [1.82, 2.24) is 0 Å². The van der Waals surface area contributed by atoms with Gasteiger partial charge in [-0.25, -0.2) is 0 Å². The van der Waals surface area contributed by atoms with Gasteiger partial charge in [-0.3, -0.25) is 0 Å². The minimum Gasteiger partial charge on any atom is -0.0768 e. The van der Waals surface area contributed by atoms with E-state index in [4.69, 9.17) is 0 Å². The van der Waals surface area contributed by atoms with Gasteiger partial charge >= 0.3 is 29.6 Å². The van der Waals surface area contributed by atoms with Crippen molar-refractivity contribution in [2.45, 2.75) is 58.3 Å². The first-order chi connectivity index (χ1) is 9.84. The molecule has 21 heavy (non-hydrogen) atoms. The molecule has 1 heteroatoms. The molecule has 0 amide bonds. The molecule has 0 N–H and O–H groups in total. The van der Waals surface area contributed by atoms with Gasteiger partial charge in [-0.05, 0) is 68.4 Å². The minimum atomic E-state index is 0. The van der Waals surface area contributed by atoms with Crippen molar-refractivity contribution < 1.29 is 29.6 Å². The van der Waals surface area contributed by atoms with Gasteiger partial charge < -0.3 is 0 Å². The van der Waals surface area contributed by atoms with E-state index in [0.29, 0.717) is 0 Å². The van der Waals surface area contributed by atoms with E-state index in [1.54, 1.807) is 22.3 Å². The zero-order valence-corrected chi connectivity index (χ0v) is 15.7. The predicted molar refractivity (Wildman–Crippen MR) is 85.4 cm³/mol. The summed E-state index contributed by atoms with van der Waals surface area (Å²) in [5.74, 6) is 2.22. The molecular formula is C20H26Na+. The maximum absolute atomic E-state index is 2.52. The van der Waals surface area contributed by atoms with Crippen LogP contribution < -0.4 is 29.6 Å². The standard InChI is InChI=1S/C20H26.Na/c1-14(17-12-10-15-6-2-4-8-19(15)17)18-13-11-16-7-3-5-9-20(16)18;/h10-14,17-18H,2-9H2,1H3;/q;+1. The zero-order valence-electron chi connectivity index (χ0n) is 13.7. The summed E-state index contributed by atoms with van der Waals surface area (Å²) in [5, 5.41) is 0. The van der Waals surface area contributed by atoms with E-state index in [-0.39, 0.29) is 29.6 Å². The van der Waals surface area contributed by atoms with E-state index < -0.39 is 0 Å². The molecule has 0 radical (unpaired) electrons. The molecule has 0 heterocycles. The van der Waals surface area contributed by atoms with Crippen molar-refractivity contribution in [2.75, 3.05) is 0 Å². The Morgan fingerprint density at radius 1 is 0.762 bits per heavy atom. The van der Waals surface area contributed by atoms with E-state index >= 15 is 0 Å². The Labute approximate surface area is 151 Å². The summed E-state index contributed by atoms with van der Waals surface area (Å²) in [6.45, 7) is 2.50. The quantitative estimate of drug-likeness (QED) is 0.686. The van der Waals surface area contributed by atoms with E-state index in [2.05, 4.69) is 31.2 Å². The molecule has 0 aromatic carbocycles. The number of rotatable bonds is 2. The average Bonchev–Trinajstić information content (AvgIpc) is 3.11. The monoisotopic (exact) mass is 289 g/mol. The van der Waals surface area contributed by atoms with Crippen LogP contribution in [-0.4, -0.2) is 0 Å². The molecule has 4 aliphatic carbocycles. The van der Waals surface area contributed by atoms with Gasteiger partial charge in [0.2, 0.25) is 0 Å². The molecule has 0 saturated heterocycles. The van der Waals surface area contributed by atoms with E-state index in [0.717, 1.165) is 17.8 Å². The van der Waals surface area contributed by atoms with Crippen molar-refractivity contribution in [3.8, 4) is 0 Å². The Balaban J connectivity index is 0.00000132. The topological polar surface area (TPSA) is 0 Å². The van der Waals surface area contributed by atoms with Crippen molar-refractivity contribution in [3.05, 3.63) is 46.6 Å². The molecule has 0 aliphatic heterocycles. The summed E-state index contributed by atoms with van der Waals surface area (Å²) < 4.78 is 0. The summed E-state index contributed by atoms with van der Waals surface area (Å²) in [4.78, 5) is 0.